The van der Waals surface area contributed by atoms with Crippen LogP contribution >= 0.6 is 11.6 Å². The van der Waals surface area contributed by atoms with Crippen LogP contribution in [0.3, 0.4) is 0 Å². The summed E-state index contributed by atoms with van der Waals surface area (Å²) in [5.74, 6) is -0.213. The first-order chi connectivity index (χ1) is 18.0. The van der Waals surface area contributed by atoms with Crippen LogP contribution in [0.25, 0.3) is 0 Å². The lowest BCUT2D eigenvalue weighted by atomic mass is 10.1. The monoisotopic (exact) mass is 533 g/mol. The third-order valence-electron chi connectivity index (χ3n) is 5.73. The number of aromatic nitrogens is 3. The maximum absolute atomic E-state index is 13.4. The molecule has 0 spiro atoms. The third-order valence-corrected chi connectivity index (χ3v) is 5.98. The van der Waals surface area contributed by atoms with Gasteiger partial charge in [0.15, 0.2) is 6.10 Å². The second kappa shape index (κ2) is 12.6. The molecule has 0 aliphatic carbocycles. The van der Waals surface area contributed by atoms with Crippen molar-refractivity contribution in [2.24, 2.45) is 0 Å². The van der Waals surface area contributed by atoms with Gasteiger partial charge < -0.3 is 20.1 Å². The van der Waals surface area contributed by atoms with Crippen LogP contribution in [-0.2, 0) is 11.3 Å². The summed E-state index contributed by atoms with van der Waals surface area (Å²) in [7, 11) is 0. The smallest absolute Gasteiger partial charge is 0.287 e. The Bertz CT molecular complexity index is 1250. The molecule has 1 fully saturated rings. The van der Waals surface area contributed by atoms with Gasteiger partial charge in [0.05, 0.1) is 6.54 Å². The van der Waals surface area contributed by atoms with Crippen molar-refractivity contribution in [2.45, 2.75) is 31.5 Å². The van der Waals surface area contributed by atoms with Crippen LogP contribution in [0.2, 0.25) is 5.02 Å². The second-order valence-corrected chi connectivity index (χ2v) is 8.88. The highest BCUT2D eigenvalue weighted by Crippen LogP contribution is 2.20. The lowest BCUT2D eigenvalue weighted by Crippen LogP contribution is -2.43. The van der Waals surface area contributed by atoms with Crippen LogP contribution in [0, 0.1) is 0 Å². The minimum absolute atomic E-state index is 0.0985. The number of carbonyl (C=O) groups is 1. The van der Waals surface area contributed by atoms with Crippen LogP contribution in [0.4, 0.5) is 20.4 Å². The number of nitrogens with one attached hydrogen (secondary N) is 2. The predicted molar refractivity (Wildman–Crippen MR) is 134 cm³/mol. The number of rotatable bonds is 10. The van der Waals surface area contributed by atoms with Gasteiger partial charge in [-0.25, -0.2) is 8.78 Å². The summed E-state index contributed by atoms with van der Waals surface area (Å²) < 4.78 is 37.3. The van der Waals surface area contributed by atoms with Gasteiger partial charge in [0, 0.05) is 30.0 Å². The molecule has 1 aliphatic heterocycles. The molecule has 0 radical (unpaired) electrons. The first-order valence-electron chi connectivity index (χ1n) is 11.7. The van der Waals surface area contributed by atoms with Crippen molar-refractivity contribution in [1.29, 1.82) is 0 Å². The van der Waals surface area contributed by atoms with Crippen LogP contribution in [0.5, 0.6) is 5.75 Å². The molecule has 1 saturated heterocycles. The zero-order chi connectivity index (χ0) is 26.2. The molecule has 3 aromatic rings. The number of carbonyl (C=O) groups excluding carboxylic acids is 1. The van der Waals surface area contributed by atoms with E-state index in [0.29, 0.717) is 36.8 Å². The van der Waals surface area contributed by atoms with Gasteiger partial charge in [-0.2, -0.15) is 0 Å². The van der Waals surface area contributed by atoms with E-state index in [-0.39, 0.29) is 30.0 Å². The number of benzene rings is 2. The third kappa shape index (κ3) is 7.01. The molecule has 12 heteroatoms. The molecule has 9 nitrogen and oxygen atoms in total. The van der Waals surface area contributed by atoms with Crippen molar-refractivity contribution in [2.75, 3.05) is 31.9 Å². The Morgan fingerprint density at radius 3 is 2.41 bits per heavy atom. The number of alkyl halides is 2. The normalized spacial score (nSPS) is 13.9. The Balaban J connectivity index is 1.60. The minimum atomic E-state index is -1.17. The zero-order valence-electron chi connectivity index (χ0n) is 19.8. The van der Waals surface area contributed by atoms with Gasteiger partial charge >= 0.3 is 0 Å². The summed E-state index contributed by atoms with van der Waals surface area (Å²) in [5.41, 5.74) is 0.330. The Labute approximate surface area is 216 Å². The van der Waals surface area contributed by atoms with E-state index < -0.39 is 30.9 Å². The maximum atomic E-state index is 13.4. The quantitative estimate of drug-likeness (QED) is 0.409. The summed E-state index contributed by atoms with van der Waals surface area (Å²) in [6.45, 7) is -0.727. The summed E-state index contributed by atoms with van der Waals surface area (Å²) >= 11 is 5.99. The molecular weight excluding hydrogens is 508 g/mol. The van der Waals surface area contributed by atoms with Crippen molar-refractivity contribution in [3.8, 4) is 5.75 Å². The van der Waals surface area contributed by atoms with Crippen molar-refractivity contribution < 1.29 is 23.0 Å². The van der Waals surface area contributed by atoms with Gasteiger partial charge in [-0.05, 0) is 54.8 Å². The van der Waals surface area contributed by atoms with E-state index in [1.165, 1.54) is 16.7 Å². The molecule has 37 heavy (non-hydrogen) atoms. The fourth-order valence-corrected chi connectivity index (χ4v) is 3.84. The fourth-order valence-electron chi connectivity index (χ4n) is 3.71. The predicted octanol–water partition coefficient (Wildman–Crippen LogP) is 3.68. The Morgan fingerprint density at radius 1 is 1.08 bits per heavy atom. The van der Waals surface area contributed by atoms with E-state index in [1.807, 2.05) is 0 Å². The summed E-state index contributed by atoms with van der Waals surface area (Å²) in [6, 6.07) is 13.1. The largest absolute Gasteiger partial charge is 0.485 e. The fraction of sp³-hybridized carbons (Fsp3) is 0.360. The molecule has 1 amide bonds. The van der Waals surface area contributed by atoms with Crippen molar-refractivity contribution in [3.05, 3.63) is 75.2 Å². The van der Waals surface area contributed by atoms with Crippen molar-refractivity contribution >= 4 is 29.1 Å². The van der Waals surface area contributed by atoms with E-state index in [0.717, 1.165) is 5.56 Å². The minimum Gasteiger partial charge on any atom is -0.485 e. The number of nitrogens with zero attached hydrogens (tertiary/aromatic N) is 3. The summed E-state index contributed by atoms with van der Waals surface area (Å²) in [6.07, 6.45) is 0.123. The van der Waals surface area contributed by atoms with Gasteiger partial charge in [0.25, 0.3) is 11.5 Å². The summed E-state index contributed by atoms with van der Waals surface area (Å²) in [5, 5.41) is 14.4. The molecular formula is C25H26ClF2N5O4. The van der Waals surface area contributed by atoms with Gasteiger partial charge in [0.2, 0.25) is 11.6 Å². The van der Waals surface area contributed by atoms with Crippen molar-refractivity contribution in [3.63, 3.8) is 0 Å². The second-order valence-electron chi connectivity index (χ2n) is 8.45. The molecule has 2 heterocycles. The lowest BCUT2D eigenvalue weighted by Gasteiger charge is -2.23. The molecule has 1 aromatic heterocycles. The lowest BCUT2D eigenvalue weighted by molar-refractivity contribution is 0.0692. The van der Waals surface area contributed by atoms with Gasteiger partial charge in [-0.3, -0.25) is 14.2 Å². The Hall–Kier alpha value is -3.57. The summed E-state index contributed by atoms with van der Waals surface area (Å²) in [4.78, 5) is 26.2. The van der Waals surface area contributed by atoms with E-state index in [9.17, 15) is 18.4 Å². The van der Waals surface area contributed by atoms with E-state index in [1.54, 1.807) is 36.4 Å². The molecule has 0 bridgehead atoms. The molecule has 2 N–H and O–H groups in total. The number of amides is 1. The van der Waals surface area contributed by atoms with Crippen molar-refractivity contribution in [1.82, 2.24) is 20.1 Å². The number of halogens is 3. The molecule has 0 atom stereocenters. The number of anilines is 2. The van der Waals surface area contributed by atoms with Crippen LogP contribution in [0.15, 0.2) is 53.3 Å². The average Bonchev–Trinajstić information content (AvgIpc) is 2.92. The standard InChI is InChI=1S/C25H26ClF2N5O4/c26-17-3-1-16(2-4-17)15-33-24(35)22(23(34)29-19-9-11-36-12-10-19)31-32-25(33)30-18-5-7-20(8-6-18)37-21(13-27)14-28/h1-8,19,21H,9-15H2,(H,29,34)(H,30,32). The Morgan fingerprint density at radius 2 is 1.76 bits per heavy atom. The maximum Gasteiger partial charge on any atom is 0.287 e. The molecule has 2 aromatic carbocycles. The van der Waals surface area contributed by atoms with Gasteiger partial charge in [-0.1, -0.05) is 23.7 Å². The van der Waals surface area contributed by atoms with Crippen LogP contribution in [0.1, 0.15) is 28.9 Å². The number of hydrogen-bond acceptors (Lipinski definition) is 7. The molecule has 196 valence electrons. The first-order valence-corrected chi connectivity index (χ1v) is 12.1. The number of hydrogen-bond donors (Lipinski definition) is 2. The highest BCUT2D eigenvalue weighted by molar-refractivity contribution is 6.30. The van der Waals surface area contributed by atoms with E-state index >= 15 is 0 Å². The van der Waals surface area contributed by atoms with E-state index in [2.05, 4.69) is 20.8 Å². The van der Waals surface area contributed by atoms with Gasteiger partial charge in [0.1, 0.15) is 19.1 Å². The SMILES string of the molecule is O=C(NC1CCOCC1)c1nnc(Nc2ccc(OC(CF)CF)cc2)n(Cc2ccc(Cl)cc2)c1=O. The van der Waals surface area contributed by atoms with Gasteiger partial charge in [-0.15, -0.1) is 10.2 Å². The zero-order valence-corrected chi connectivity index (χ0v) is 20.6. The van der Waals surface area contributed by atoms with Crippen LogP contribution < -0.4 is 20.9 Å². The highest BCUT2D eigenvalue weighted by atomic mass is 35.5. The van der Waals surface area contributed by atoms with E-state index in [4.69, 9.17) is 21.1 Å². The first kappa shape index (κ1) is 26.5. The number of ether oxygens (including phenoxy) is 2. The molecule has 0 saturated carbocycles. The molecule has 0 unspecified atom stereocenters. The molecule has 4 rings (SSSR count). The molecule has 1 aliphatic rings. The van der Waals surface area contributed by atoms with Crippen LogP contribution in [-0.4, -0.2) is 59.4 Å². The topological polar surface area (TPSA) is 107 Å². The Kier molecular flexibility index (Phi) is 9.02. The highest BCUT2D eigenvalue weighted by Gasteiger charge is 2.23. The average molecular weight is 534 g/mol.